The highest BCUT2D eigenvalue weighted by Gasteiger charge is 1.65. The molecule has 0 spiro atoms. The molecule has 1 heteroatoms. The van der Waals surface area contributed by atoms with Crippen LogP contribution in [0.15, 0.2) is 25.8 Å². The van der Waals surface area contributed by atoms with Crippen LogP contribution in [0.3, 0.4) is 0 Å². The van der Waals surface area contributed by atoms with Crippen molar-refractivity contribution in [1.29, 1.82) is 5.26 Å². The van der Waals surface area contributed by atoms with E-state index >= 15 is 0 Å². The molecule has 0 unspecified atom stereocenters. The number of hydrogen-bond donors (Lipinski definition) is 0. The smallest absolute Gasteiger partial charge is 0.0621 e. The first-order chi connectivity index (χ1) is 4.83. The van der Waals surface area contributed by atoms with Crippen LogP contribution in [0.1, 0.15) is 26.7 Å². The number of unbranched alkanes of at least 4 members (excludes halogenated alkanes) is 1. The van der Waals surface area contributed by atoms with Crippen LogP contribution in [0.5, 0.6) is 0 Å². The molecule has 0 aliphatic carbocycles. The molecule has 0 aliphatic rings. The van der Waals surface area contributed by atoms with Gasteiger partial charge in [-0.25, -0.2) is 0 Å². The van der Waals surface area contributed by atoms with Gasteiger partial charge in [-0.1, -0.05) is 13.0 Å². The van der Waals surface area contributed by atoms with Gasteiger partial charge in [0.05, 0.1) is 6.07 Å². The van der Waals surface area contributed by atoms with Crippen molar-refractivity contribution in [3.63, 3.8) is 0 Å². The minimum atomic E-state index is 0.694. The predicted octanol–water partition coefficient (Wildman–Crippen LogP) is 3.30. The molecule has 0 radical (unpaired) electrons. The van der Waals surface area contributed by atoms with Gasteiger partial charge in [0.2, 0.25) is 0 Å². The number of nitriles is 1. The monoisotopic (exact) mass is 139 g/mol. The topological polar surface area (TPSA) is 23.8 Å². The second-order valence-corrected chi connectivity index (χ2v) is 1.32. The third-order valence-corrected chi connectivity index (χ3v) is 0.362. The lowest BCUT2D eigenvalue weighted by Crippen LogP contribution is -1.53. The molecular formula is C9H17N. The standard InChI is InChI=1S/C4H7N.C3H6.C2H4/c1-2-3-4-5;1-3-2;1-2/h2-3H2,1H3;3H,1H2,2H3;1-2H2. The van der Waals surface area contributed by atoms with Crippen LogP contribution in [0.4, 0.5) is 0 Å². The second-order valence-electron chi connectivity index (χ2n) is 1.32. The number of rotatable bonds is 1. The minimum absolute atomic E-state index is 0.694. The van der Waals surface area contributed by atoms with E-state index in [2.05, 4.69) is 19.7 Å². The summed E-state index contributed by atoms with van der Waals surface area (Å²) >= 11 is 0. The molecule has 0 aromatic rings. The van der Waals surface area contributed by atoms with Crippen molar-refractivity contribution in [2.24, 2.45) is 0 Å². The summed E-state index contributed by atoms with van der Waals surface area (Å²) < 4.78 is 0. The number of hydrogen-bond acceptors (Lipinski definition) is 1. The fraction of sp³-hybridized carbons (Fsp3) is 0.444. The summed E-state index contributed by atoms with van der Waals surface area (Å²) in [5, 5.41) is 7.82. The Morgan fingerprint density at radius 2 is 1.80 bits per heavy atom. The number of allylic oxidation sites excluding steroid dienone is 1. The SMILES string of the molecule is C=C.C=CC.CCCC#N. The Bertz CT molecular complexity index is 79.2. The summed E-state index contributed by atoms with van der Waals surface area (Å²) in [5.41, 5.74) is 0. The summed E-state index contributed by atoms with van der Waals surface area (Å²) in [6.45, 7) is 13.2. The Labute approximate surface area is 64.7 Å². The van der Waals surface area contributed by atoms with Crippen LogP contribution >= 0.6 is 0 Å². The summed E-state index contributed by atoms with van der Waals surface area (Å²) in [4.78, 5) is 0. The Morgan fingerprint density at radius 3 is 1.80 bits per heavy atom. The molecule has 0 saturated heterocycles. The maximum atomic E-state index is 7.82. The van der Waals surface area contributed by atoms with Gasteiger partial charge in [0.1, 0.15) is 0 Å². The third kappa shape index (κ3) is 264. The first-order valence-corrected chi connectivity index (χ1v) is 3.27. The van der Waals surface area contributed by atoms with E-state index in [1.165, 1.54) is 0 Å². The quantitative estimate of drug-likeness (QED) is 0.511. The lowest BCUT2D eigenvalue weighted by molar-refractivity contribution is 0.969. The highest BCUT2D eigenvalue weighted by Crippen LogP contribution is 1.77. The maximum Gasteiger partial charge on any atom is 0.0621 e. The Balaban J connectivity index is -0.0000000847. The van der Waals surface area contributed by atoms with E-state index in [0.717, 1.165) is 6.42 Å². The molecule has 1 nitrogen and oxygen atoms in total. The summed E-state index contributed by atoms with van der Waals surface area (Å²) in [6, 6.07) is 2.02. The van der Waals surface area contributed by atoms with Crippen molar-refractivity contribution in [2.45, 2.75) is 26.7 Å². The van der Waals surface area contributed by atoms with Crippen LogP contribution in [-0.2, 0) is 0 Å². The van der Waals surface area contributed by atoms with Gasteiger partial charge in [-0.3, -0.25) is 0 Å². The van der Waals surface area contributed by atoms with Crippen LogP contribution in [0, 0.1) is 11.3 Å². The number of nitrogens with zero attached hydrogens (tertiary/aromatic N) is 1. The van der Waals surface area contributed by atoms with Crippen LogP contribution in [0.2, 0.25) is 0 Å². The molecular weight excluding hydrogens is 122 g/mol. The van der Waals surface area contributed by atoms with E-state index < -0.39 is 0 Å². The van der Waals surface area contributed by atoms with Gasteiger partial charge in [0, 0.05) is 6.42 Å². The zero-order chi connectivity index (χ0) is 8.83. The molecule has 0 aromatic heterocycles. The lowest BCUT2D eigenvalue weighted by Gasteiger charge is -1.65. The molecule has 0 aliphatic heterocycles. The van der Waals surface area contributed by atoms with Gasteiger partial charge < -0.3 is 0 Å². The third-order valence-electron chi connectivity index (χ3n) is 0.362. The summed E-state index contributed by atoms with van der Waals surface area (Å²) in [7, 11) is 0. The molecule has 0 fully saturated rings. The van der Waals surface area contributed by atoms with E-state index in [-0.39, 0.29) is 0 Å². The van der Waals surface area contributed by atoms with Crippen LogP contribution in [-0.4, -0.2) is 0 Å². The zero-order valence-electron chi connectivity index (χ0n) is 7.06. The molecule has 0 atom stereocenters. The van der Waals surface area contributed by atoms with Crippen LogP contribution in [0.25, 0.3) is 0 Å². The van der Waals surface area contributed by atoms with Gasteiger partial charge in [-0.05, 0) is 13.3 Å². The van der Waals surface area contributed by atoms with Gasteiger partial charge in [-0.15, -0.1) is 19.7 Å². The highest BCUT2D eigenvalue weighted by atomic mass is 14.2. The first kappa shape index (κ1) is 16.0. The Morgan fingerprint density at radius 1 is 1.50 bits per heavy atom. The fourth-order valence-electron chi connectivity index (χ4n) is 0.112. The van der Waals surface area contributed by atoms with Crippen LogP contribution < -0.4 is 0 Å². The average molecular weight is 139 g/mol. The zero-order valence-corrected chi connectivity index (χ0v) is 7.06. The van der Waals surface area contributed by atoms with E-state index in [9.17, 15) is 0 Å². The first-order valence-electron chi connectivity index (χ1n) is 3.27. The molecule has 58 valence electrons. The molecule has 0 N–H and O–H groups in total. The maximum absolute atomic E-state index is 7.82. The predicted molar refractivity (Wildman–Crippen MR) is 47.6 cm³/mol. The van der Waals surface area contributed by atoms with E-state index in [0.29, 0.717) is 6.42 Å². The fourth-order valence-corrected chi connectivity index (χ4v) is 0.112. The molecule has 0 rings (SSSR count). The Kier molecular flexibility index (Phi) is 70.2. The normalized spacial score (nSPS) is 4.90. The van der Waals surface area contributed by atoms with E-state index in [4.69, 9.17) is 5.26 Å². The van der Waals surface area contributed by atoms with Crippen molar-refractivity contribution < 1.29 is 0 Å². The van der Waals surface area contributed by atoms with Gasteiger partial charge >= 0.3 is 0 Å². The molecule has 0 saturated carbocycles. The minimum Gasteiger partial charge on any atom is -0.198 e. The lowest BCUT2D eigenvalue weighted by atomic mass is 10.4. The average Bonchev–Trinajstić information content (AvgIpc) is 1.96. The summed E-state index contributed by atoms with van der Waals surface area (Å²) in [6.07, 6.45) is 3.43. The molecule has 0 bridgehead atoms. The van der Waals surface area contributed by atoms with Crippen molar-refractivity contribution in [1.82, 2.24) is 0 Å². The highest BCUT2D eigenvalue weighted by molar-refractivity contribution is 4.65. The van der Waals surface area contributed by atoms with Crippen molar-refractivity contribution in [3.05, 3.63) is 25.8 Å². The van der Waals surface area contributed by atoms with Crippen molar-refractivity contribution in [2.75, 3.05) is 0 Å². The van der Waals surface area contributed by atoms with Crippen molar-refractivity contribution in [3.8, 4) is 6.07 Å². The van der Waals surface area contributed by atoms with E-state index in [1.807, 2.05) is 19.9 Å². The molecule has 0 aromatic carbocycles. The molecule has 10 heavy (non-hydrogen) atoms. The van der Waals surface area contributed by atoms with Crippen molar-refractivity contribution >= 4 is 0 Å². The molecule has 0 amide bonds. The Hall–Kier alpha value is -1.03. The molecule has 0 heterocycles. The largest absolute Gasteiger partial charge is 0.198 e. The van der Waals surface area contributed by atoms with Gasteiger partial charge in [-0.2, -0.15) is 5.26 Å². The van der Waals surface area contributed by atoms with E-state index in [1.54, 1.807) is 6.08 Å². The summed E-state index contributed by atoms with van der Waals surface area (Å²) in [5.74, 6) is 0. The van der Waals surface area contributed by atoms with Gasteiger partial charge in [0.15, 0.2) is 0 Å². The second kappa shape index (κ2) is 43.9. The van der Waals surface area contributed by atoms with Gasteiger partial charge in [0.25, 0.3) is 0 Å².